The third-order valence-electron chi connectivity index (χ3n) is 7.39. The maximum Gasteiger partial charge on any atom is 0.387 e. The number of benzene rings is 1. The van der Waals surface area contributed by atoms with E-state index in [1.807, 2.05) is 0 Å². The highest BCUT2D eigenvalue weighted by Crippen LogP contribution is 2.41. The Morgan fingerprint density at radius 2 is 1.82 bits per heavy atom. The smallest absolute Gasteiger partial charge is 0.387 e. The van der Waals surface area contributed by atoms with Gasteiger partial charge in [0.05, 0.1) is 18.4 Å². The zero-order valence-electron chi connectivity index (χ0n) is 20.9. The van der Waals surface area contributed by atoms with E-state index in [-0.39, 0.29) is 64.8 Å². The molecule has 3 N–H and O–H groups in total. The normalized spacial score (nSPS) is 23.4. The van der Waals surface area contributed by atoms with Gasteiger partial charge in [-0.15, -0.1) is 0 Å². The number of aromatic carboxylic acids is 1. The van der Waals surface area contributed by atoms with Crippen LogP contribution in [0, 0.1) is 18.3 Å². The lowest BCUT2D eigenvalue weighted by Gasteiger charge is -2.39. The number of allylic oxidation sites excluding steroid dienone is 1. The van der Waals surface area contributed by atoms with Crippen LogP contribution in [-0.4, -0.2) is 63.3 Å². The second-order valence-electron chi connectivity index (χ2n) is 10.1. The van der Waals surface area contributed by atoms with Gasteiger partial charge in [0.2, 0.25) is 5.95 Å². The molecule has 0 amide bonds. The highest BCUT2D eigenvalue weighted by Gasteiger charge is 2.43. The number of para-hydroxylation sites is 1. The Labute approximate surface area is 218 Å². The van der Waals surface area contributed by atoms with Crippen molar-refractivity contribution in [2.24, 2.45) is 5.92 Å². The molecular weight excluding hydrogens is 498 g/mol. The van der Waals surface area contributed by atoms with E-state index in [0.717, 1.165) is 25.7 Å². The van der Waals surface area contributed by atoms with E-state index in [9.17, 15) is 23.8 Å². The molecule has 2 saturated heterocycles. The van der Waals surface area contributed by atoms with Crippen LogP contribution in [0.2, 0.25) is 0 Å². The number of carbonyl (C=O) groups is 1. The monoisotopic (exact) mass is 528 g/mol. The zero-order valence-corrected chi connectivity index (χ0v) is 20.9. The van der Waals surface area contributed by atoms with Crippen LogP contribution >= 0.6 is 0 Å². The molecule has 1 aliphatic carbocycles. The first-order chi connectivity index (χ1) is 18.2. The molecule has 11 heteroatoms. The minimum atomic E-state index is -3.03. The van der Waals surface area contributed by atoms with Gasteiger partial charge in [-0.1, -0.05) is 12.1 Å². The largest absolute Gasteiger partial charge is 0.512 e. The van der Waals surface area contributed by atoms with Crippen LogP contribution in [-0.2, 0) is 4.74 Å². The average Bonchev–Trinajstić information content (AvgIpc) is 3.68. The van der Waals surface area contributed by atoms with Crippen molar-refractivity contribution < 1.29 is 33.3 Å². The second kappa shape index (κ2) is 10.6. The highest BCUT2D eigenvalue weighted by molar-refractivity contribution is 6.12. The van der Waals surface area contributed by atoms with Crippen molar-refractivity contribution in [1.29, 1.82) is 5.41 Å². The summed E-state index contributed by atoms with van der Waals surface area (Å²) in [5.74, 6) is -0.801. The molecule has 3 heterocycles. The number of aryl methyl sites for hydroxylation is 1. The van der Waals surface area contributed by atoms with Crippen LogP contribution in [0.25, 0.3) is 0 Å². The molecular formula is C27H30F2N4O5. The Bertz CT molecular complexity index is 1250. The van der Waals surface area contributed by atoms with Crippen LogP contribution in [0.1, 0.15) is 60.3 Å². The van der Waals surface area contributed by atoms with E-state index in [2.05, 4.69) is 19.6 Å². The predicted molar refractivity (Wildman–Crippen MR) is 134 cm³/mol. The summed E-state index contributed by atoms with van der Waals surface area (Å²) in [6.07, 6.45) is 4.56. The number of carboxylic acids is 1. The lowest BCUT2D eigenvalue weighted by molar-refractivity contribution is -0.0499. The number of alkyl halides is 2. The molecule has 9 nitrogen and oxygen atoms in total. The van der Waals surface area contributed by atoms with Crippen molar-refractivity contribution >= 4 is 17.6 Å². The number of rotatable bonds is 10. The standard InChI is InChI=1S/C27H30F2N4O5/c1-14-10-21(25(35)36)32-27(31-14)33-16-8-9-17(33)12-18(11-16)37-13-20(24(34)15-6-7-15)23(30)19-4-2-3-5-22(19)38-26(28)29/h2-5,10,15-18,26,30,34H,6-9,11-13H2,1H3,(H,35,36)/b24-20-,30-23?/t16-,17?,18?/m0/s1. The fraction of sp³-hybridized carbons (Fsp3) is 0.481. The zero-order chi connectivity index (χ0) is 27.0. The highest BCUT2D eigenvalue weighted by atomic mass is 19.3. The molecule has 0 spiro atoms. The summed E-state index contributed by atoms with van der Waals surface area (Å²) in [6.45, 7) is -1.32. The Kier molecular flexibility index (Phi) is 7.29. The van der Waals surface area contributed by atoms with Crippen LogP contribution in [0.15, 0.2) is 41.7 Å². The number of nitrogens with zero attached hydrogens (tertiary/aromatic N) is 3. The van der Waals surface area contributed by atoms with E-state index >= 15 is 0 Å². The van der Waals surface area contributed by atoms with Gasteiger partial charge in [0, 0.05) is 34.8 Å². The second-order valence-corrected chi connectivity index (χ2v) is 10.1. The van der Waals surface area contributed by atoms with Gasteiger partial charge in [-0.25, -0.2) is 14.8 Å². The summed E-state index contributed by atoms with van der Waals surface area (Å²) in [5, 5.41) is 29.0. The molecule has 3 atom stereocenters. The quantitative estimate of drug-likeness (QED) is 0.294. The number of aromatic nitrogens is 2. The Morgan fingerprint density at radius 3 is 2.45 bits per heavy atom. The van der Waals surface area contributed by atoms with Crippen molar-refractivity contribution in [1.82, 2.24) is 9.97 Å². The van der Waals surface area contributed by atoms with Gasteiger partial charge in [-0.05, 0) is 63.6 Å². The molecule has 1 aromatic carbocycles. The third kappa shape index (κ3) is 5.47. The molecule has 3 aliphatic rings. The van der Waals surface area contributed by atoms with E-state index in [1.165, 1.54) is 18.2 Å². The number of halogens is 2. The molecule has 2 aliphatic heterocycles. The maximum absolute atomic E-state index is 12.9. The summed E-state index contributed by atoms with van der Waals surface area (Å²) in [7, 11) is 0. The Hall–Kier alpha value is -3.60. The van der Waals surface area contributed by atoms with Crippen LogP contribution in [0.5, 0.6) is 5.75 Å². The first-order valence-corrected chi connectivity index (χ1v) is 12.7. The molecule has 1 saturated carbocycles. The average molecular weight is 529 g/mol. The number of hydrogen-bond donors (Lipinski definition) is 3. The maximum atomic E-state index is 12.9. The number of piperidine rings is 1. The van der Waals surface area contributed by atoms with E-state index in [4.69, 9.17) is 10.1 Å². The summed E-state index contributed by atoms with van der Waals surface area (Å²) >= 11 is 0. The fourth-order valence-corrected chi connectivity index (χ4v) is 5.48. The number of fused-ring (bicyclic) bond motifs is 2. The van der Waals surface area contributed by atoms with E-state index in [1.54, 1.807) is 19.1 Å². The van der Waals surface area contributed by atoms with Crippen molar-refractivity contribution in [2.75, 3.05) is 11.5 Å². The number of anilines is 1. The summed E-state index contributed by atoms with van der Waals surface area (Å²) < 4.78 is 36.8. The molecule has 2 bridgehead atoms. The topological polar surface area (TPSA) is 129 Å². The van der Waals surface area contributed by atoms with Gasteiger partial charge in [-0.3, -0.25) is 5.41 Å². The molecule has 202 valence electrons. The van der Waals surface area contributed by atoms with Crippen molar-refractivity contribution in [2.45, 2.75) is 70.2 Å². The molecule has 2 aromatic rings. The summed E-state index contributed by atoms with van der Waals surface area (Å²) in [5.41, 5.74) is 0.899. The fourth-order valence-electron chi connectivity index (χ4n) is 5.48. The van der Waals surface area contributed by atoms with Crippen LogP contribution < -0.4 is 9.64 Å². The first kappa shape index (κ1) is 26.0. The number of aliphatic hydroxyl groups is 1. The van der Waals surface area contributed by atoms with Gasteiger partial charge < -0.3 is 24.6 Å². The van der Waals surface area contributed by atoms with Gasteiger partial charge in [0.25, 0.3) is 0 Å². The minimum Gasteiger partial charge on any atom is -0.512 e. The molecule has 3 fully saturated rings. The summed E-state index contributed by atoms with van der Waals surface area (Å²) in [6, 6.07) is 7.67. The van der Waals surface area contributed by atoms with Crippen molar-refractivity contribution in [3.63, 3.8) is 0 Å². The lowest BCUT2D eigenvalue weighted by atomic mass is 9.98. The Balaban J connectivity index is 1.31. The number of aliphatic hydroxyl groups excluding tert-OH is 1. The number of ether oxygens (including phenoxy) is 2. The van der Waals surface area contributed by atoms with E-state index < -0.39 is 12.6 Å². The molecule has 2 unspecified atom stereocenters. The summed E-state index contributed by atoms with van der Waals surface area (Å²) in [4.78, 5) is 22.3. The minimum absolute atomic E-state index is 0.0294. The van der Waals surface area contributed by atoms with Gasteiger partial charge in [0.1, 0.15) is 11.5 Å². The molecule has 1 aromatic heterocycles. The molecule has 38 heavy (non-hydrogen) atoms. The predicted octanol–water partition coefficient (Wildman–Crippen LogP) is 4.89. The van der Waals surface area contributed by atoms with Gasteiger partial charge in [0.15, 0.2) is 5.69 Å². The molecule has 0 radical (unpaired) electrons. The number of nitrogens with one attached hydrogen (secondary N) is 1. The van der Waals surface area contributed by atoms with Crippen molar-refractivity contribution in [3.8, 4) is 5.75 Å². The van der Waals surface area contributed by atoms with Gasteiger partial charge >= 0.3 is 12.6 Å². The number of carboxylic acid groups (broad SMARTS) is 1. The number of hydrogen-bond acceptors (Lipinski definition) is 8. The Morgan fingerprint density at radius 1 is 1.13 bits per heavy atom. The van der Waals surface area contributed by atoms with Crippen LogP contribution in [0.4, 0.5) is 14.7 Å². The molecule has 5 rings (SSSR count). The first-order valence-electron chi connectivity index (χ1n) is 12.7. The van der Waals surface area contributed by atoms with Crippen LogP contribution in [0.3, 0.4) is 0 Å². The van der Waals surface area contributed by atoms with Crippen molar-refractivity contribution in [3.05, 3.63) is 58.6 Å². The third-order valence-corrected chi connectivity index (χ3v) is 7.39. The van der Waals surface area contributed by atoms with Gasteiger partial charge in [-0.2, -0.15) is 8.78 Å². The lowest BCUT2D eigenvalue weighted by Crippen LogP contribution is -2.46. The van der Waals surface area contributed by atoms with E-state index in [0.29, 0.717) is 24.5 Å². The SMILES string of the molecule is Cc1cc(C(=O)O)nc(N2C3CC[C@H]2CC(OC/C(C(=N)c2ccccc2OC(F)F)=C(/O)C2CC2)C3)n1.